The van der Waals surface area contributed by atoms with Crippen LogP contribution in [0.1, 0.15) is 77.1 Å². The number of alkyl carbamates (subject to hydrolysis) is 2. The van der Waals surface area contributed by atoms with E-state index in [1.54, 1.807) is 34.3 Å². The van der Waals surface area contributed by atoms with Crippen molar-refractivity contribution >= 4 is 56.7 Å². The SMILES string of the molecule is COC(=O)N[C@H](C(=O)N1CCC[C@H]1c1ncc(-c2ccc3c(ccc4oc5ccc(-c6cnc([C@@H]7CCCN7C(=O)[C@@H](NC(=O)OC)C(C)C)[nH]6)cc5c(=O)c43)c2)[nH]1)C(C)C. The first-order chi connectivity index (χ1) is 29.4. The van der Waals surface area contributed by atoms with E-state index in [1.165, 1.54) is 14.2 Å². The Balaban J connectivity index is 1.05. The van der Waals surface area contributed by atoms with E-state index in [2.05, 4.69) is 25.6 Å². The summed E-state index contributed by atoms with van der Waals surface area (Å²) in [5, 5.41) is 7.82. The first-order valence-electron chi connectivity index (χ1n) is 20.7. The summed E-state index contributed by atoms with van der Waals surface area (Å²) in [4.78, 5) is 85.4. The Labute approximate surface area is 351 Å². The molecule has 2 aliphatic heterocycles. The van der Waals surface area contributed by atoms with Crippen LogP contribution in [0.25, 0.3) is 55.2 Å². The highest BCUT2D eigenvalue weighted by Gasteiger charge is 2.39. The number of ether oxygens (including phenoxy) is 2. The van der Waals surface area contributed by atoms with Crippen LogP contribution in [0.3, 0.4) is 0 Å². The molecule has 16 nitrogen and oxygen atoms in total. The molecule has 2 fully saturated rings. The molecule has 2 aliphatic rings. The van der Waals surface area contributed by atoms with E-state index in [-0.39, 0.29) is 41.2 Å². The van der Waals surface area contributed by atoms with Crippen molar-refractivity contribution in [2.75, 3.05) is 27.3 Å². The molecular weight excluding hydrogens is 781 g/mol. The molecule has 4 atom stereocenters. The minimum Gasteiger partial charge on any atom is -0.456 e. The van der Waals surface area contributed by atoms with Gasteiger partial charge in [-0.2, -0.15) is 0 Å². The van der Waals surface area contributed by atoms with Gasteiger partial charge in [-0.15, -0.1) is 0 Å². The highest BCUT2D eigenvalue weighted by Crippen LogP contribution is 2.36. The molecule has 0 spiro atoms. The second kappa shape index (κ2) is 16.7. The third kappa shape index (κ3) is 7.77. The van der Waals surface area contributed by atoms with Gasteiger partial charge in [-0.25, -0.2) is 19.6 Å². The van der Waals surface area contributed by atoms with Crippen LogP contribution in [0.2, 0.25) is 0 Å². The normalized spacial score (nSPS) is 17.7. The molecule has 318 valence electrons. The Bertz CT molecular complexity index is 2720. The lowest BCUT2D eigenvalue weighted by Crippen LogP contribution is -2.51. The van der Waals surface area contributed by atoms with E-state index in [0.29, 0.717) is 58.8 Å². The van der Waals surface area contributed by atoms with Crippen LogP contribution in [0.15, 0.2) is 70.1 Å². The Morgan fingerprint density at radius 3 is 1.74 bits per heavy atom. The molecule has 4 N–H and O–H groups in total. The molecule has 0 bridgehead atoms. The minimum atomic E-state index is -0.743. The summed E-state index contributed by atoms with van der Waals surface area (Å²) in [5.74, 6) is 0.621. The maximum Gasteiger partial charge on any atom is 0.407 e. The predicted octanol–water partition coefficient (Wildman–Crippen LogP) is 6.97. The van der Waals surface area contributed by atoms with Gasteiger partial charge < -0.3 is 44.3 Å². The number of H-pyrrole nitrogens is 2. The fraction of sp³-hybridized carbons (Fsp3) is 0.400. The van der Waals surface area contributed by atoms with Gasteiger partial charge in [0.05, 0.1) is 60.9 Å². The van der Waals surface area contributed by atoms with Crippen molar-refractivity contribution in [3.63, 3.8) is 0 Å². The quantitative estimate of drug-likeness (QED) is 0.0825. The van der Waals surface area contributed by atoms with Crippen LogP contribution < -0.4 is 16.1 Å². The summed E-state index contributed by atoms with van der Waals surface area (Å²) < 4.78 is 15.8. The van der Waals surface area contributed by atoms with Crippen LogP contribution in [-0.4, -0.2) is 93.1 Å². The Hall–Kier alpha value is -6.71. The van der Waals surface area contributed by atoms with Crippen molar-refractivity contribution in [3.8, 4) is 22.5 Å². The number of methoxy groups -OCH3 is 2. The minimum absolute atomic E-state index is 0.141. The number of fused-ring (bicyclic) bond motifs is 4. The number of rotatable bonds is 10. The number of likely N-dealkylation sites (tertiary alicyclic amines) is 2. The van der Waals surface area contributed by atoms with Gasteiger partial charge in [0.25, 0.3) is 0 Å². The molecule has 61 heavy (non-hydrogen) atoms. The number of nitrogens with zero attached hydrogens (tertiary/aromatic N) is 4. The molecule has 0 saturated carbocycles. The molecule has 0 radical (unpaired) electrons. The summed E-state index contributed by atoms with van der Waals surface area (Å²) >= 11 is 0. The van der Waals surface area contributed by atoms with Crippen LogP contribution in [-0.2, 0) is 19.1 Å². The van der Waals surface area contributed by atoms with E-state index in [0.717, 1.165) is 46.9 Å². The Kier molecular flexibility index (Phi) is 11.3. The average Bonchev–Trinajstić information content (AvgIpc) is 4.10. The molecule has 2 saturated heterocycles. The highest BCUT2D eigenvalue weighted by molar-refractivity contribution is 6.09. The van der Waals surface area contributed by atoms with Crippen LogP contribution in [0.4, 0.5) is 9.59 Å². The van der Waals surface area contributed by atoms with Gasteiger partial charge in [0.15, 0.2) is 0 Å². The predicted molar refractivity (Wildman–Crippen MR) is 228 cm³/mol. The van der Waals surface area contributed by atoms with Gasteiger partial charge >= 0.3 is 12.2 Å². The van der Waals surface area contributed by atoms with Crippen molar-refractivity contribution < 1.29 is 33.1 Å². The smallest absolute Gasteiger partial charge is 0.407 e. The third-order valence-electron chi connectivity index (χ3n) is 12.0. The van der Waals surface area contributed by atoms with Crippen molar-refractivity contribution in [1.82, 2.24) is 40.4 Å². The van der Waals surface area contributed by atoms with Crippen molar-refractivity contribution in [2.45, 2.75) is 77.5 Å². The van der Waals surface area contributed by atoms with E-state index < -0.39 is 24.3 Å². The zero-order valence-corrected chi connectivity index (χ0v) is 35.0. The summed E-state index contributed by atoms with van der Waals surface area (Å²) in [5.41, 5.74) is 3.80. The van der Waals surface area contributed by atoms with Gasteiger partial charge in [-0.1, -0.05) is 45.9 Å². The Morgan fingerprint density at radius 2 is 1.21 bits per heavy atom. The van der Waals surface area contributed by atoms with Crippen LogP contribution >= 0.6 is 0 Å². The standard InChI is InChI=1S/C45H50N8O8/c1-23(2)37(50-44(57)59-5)42(55)52-17-7-9-32(52)40-46-21-30(48-40)26-11-14-28-25(19-26)12-16-35-36(28)39(54)29-20-27(13-15-34(29)61-35)31-22-47-41(49-31)33-10-8-18-53(33)43(56)38(24(3)4)51-45(58)60-6/h11-16,19-24,32-33,37-38H,7-10,17-18H2,1-6H3,(H,46,48)(H,47,49)(H,50,57)(H,51,58)/t32-,33-,37-,38-/m0/s1. The molecule has 0 aliphatic carbocycles. The fourth-order valence-corrected chi connectivity index (χ4v) is 8.70. The number of carbonyl (C=O) groups excluding carboxylic acids is 4. The number of hydrogen-bond acceptors (Lipinski definition) is 10. The Morgan fingerprint density at radius 1 is 0.705 bits per heavy atom. The lowest BCUT2D eigenvalue weighted by atomic mass is 10.00. The largest absolute Gasteiger partial charge is 0.456 e. The lowest BCUT2D eigenvalue weighted by Gasteiger charge is -2.30. The molecule has 3 aromatic heterocycles. The first-order valence-corrected chi connectivity index (χ1v) is 20.7. The van der Waals surface area contributed by atoms with Gasteiger partial charge in [-0.3, -0.25) is 14.4 Å². The zero-order valence-electron chi connectivity index (χ0n) is 35.0. The van der Waals surface area contributed by atoms with Gasteiger partial charge in [0, 0.05) is 24.2 Å². The number of benzene rings is 3. The van der Waals surface area contributed by atoms with E-state index in [1.807, 2.05) is 64.1 Å². The number of amides is 4. The zero-order chi connectivity index (χ0) is 43.1. The van der Waals surface area contributed by atoms with E-state index in [4.69, 9.17) is 18.9 Å². The van der Waals surface area contributed by atoms with E-state index >= 15 is 0 Å². The maximum absolute atomic E-state index is 14.3. The van der Waals surface area contributed by atoms with Gasteiger partial charge in [0.1, 0.15) is 34.9 Å². The molecule has 0 unspecified atom stereocenters. The van der Waals surface area contributed by atoms with Gasteiger partial charge in [-0.05, 0) is 78.6 Å². The number of aromatic amines is 2. The first kappa shape index (κ1) is 41.0. The van der Waals surface area contributed by atoms with Crippen molar-refractivity contribution in [3.05, 3.63) is 82.8 Å². The van der Waals surface area contributed by atoms with Gasteiger partial charge in [0.2, 0.25) is 17.2 Å². The third-order valence-corrected chi connectivity index (χ3v) is 12.0. The summed E-state index contributed by atoms with van der Waals surface area (Å²) in [7, 11) is 2.54. The van der Waals surface area contributed by atoms with E-state index in [9.17, 15) is 24.0 Å². The summed E-state index contributed by atoms with van der Waals surface area (Å²) in [6, 6.07) is 13.0. The molecule has 8 rings (SSSR count). The fourth-order valence-electron chi connectivity index (χ4n) is 8.70. The summed E-state index contributed by atoms with van der Waals surface area (Å²) in [6.07, 6.45) is 5.19. The topological polar surface area (TPSA) is 205 Å². The number of imidazole rings is 2. The lowest BCUT2D eigenvalue weighted by molar-refractivity contribution is -0.136. The van der Waals surface area contributed by atoms with Crippen molar-refractivity contribution in [1.29, 1.82) is 0 Å². The summed E-state index contributed by atoms with van der Waals surface area (Å²) in [6.45, 7) is 8.60. The average molecular weight is 831 g/mol. The molecule has 16 heteroatoms. The molecule has 6 aromatic rings. The molecular formula is C45H50N8O8. The van der Waals surface area contributed by atoms with Crippen LogP contribution in [0, 0.1) is 11.8 Å². The highest BCUT2D eigenvalue weighted by atomic mass is 16.5. The molecule has 4 amide bonds. The number of carbonyl (C=O) groups is 4. The second-order valence-corrected chi connectivity index (χ2v) is 16.5. The van der Waals surface area contributed by atoms with Crippen molar-refractivity contribution in [2.24, 2.45) is 11.8 Å². The maximum atomic E-state index is 14.3. The number of nitrogens with one attached hydrogen (secondary N) is 4. The molecule has 3 aromatic carbocycles. The van der Waals surface area contributed by atoms with Crippen LogP contribution in [0.5, 0.6) is 0 Å². The molecule has 5 heterocycles. The number of hydrogen-bond donors (Lipinski definition) is 4. The monoisotopic (exact) mass is 830 g/mol. The second-order valence-electron chi connectivity index (χ2n) is 16.5. The number of aromatic nitrogens is 4.